The number of fused-ring (bicyclic) bond motifs is 1. The van der Waals surface area contributed by atoms with E-state index >= 15 is 0 Å². The molecule has 28 heavy (non-hydrogen) atoms. The lowest BCUT2D eigenvalue weighted by Crippen LogP contribution is -3.10. The molecule has 0 atom stereocenters. The molecule has 1 amide bonds. The van der Waals surface area contributed by atoms with Gasteiger partial charge in [0.1, 0.15) is 0 Å². The van der Waals surface area contributed by atoms with E-state index in [2.05, 4.69) is 46.8 Å². The Morgan fingerprint density at radius 3 is 2.50 bits per heavy atom. The largest absolute Gasteiger partial charge is 0.346 e. The van der Waals surface area contributed by atoms with Crippen LogP contribution < -0.4 is 4.90 Å². The van der Waals surface area contributed by atoms with Gasteiger partial charge in [0.2, 0.25) is 5.91 Å². The highest BCUT2D eigenvalue weighted by atomic mass is 16.2. The number of benzene rings is 1. The van der Waals surface area contributed by atoms with Gasteiger partial charge in [-0.05, 0) is 30.4 Å². The second-order valence-electron chi connectivity index (χ2n) is 8.91. The molecule has 0 spiro atoms. The van der Waals surface area contributed by atoms with E-state index < -0.39 is 0 Å². The van der Waals surface area contributed by atoms with Gasteiger partial charge in [-0.2, -0.15) is 0 Å². The molecule has 152 valence electrons. The van der Waals surface area contributed by atoms with Crippen molar-refractivity contribution in [1.82, 2.24) is 9.47 Å². The number of aromatic nitrogens is 1. The SMILES string of the molecule is Cn1c(CN(CC[NH+]2CCCC2)C(=O)C2CCCCCC2)cc2ccccc21. The van der Waals surface area contributed by atoms with Crippen molar-refractivity contribution in [2.45, 2.75) is 57.9 Å². The molecule has 2 aromatic rings. The lowest BCUT2D eigenvalue weighted by molar-refractivity contribution is -0.886. The van der Waals surface area contributed by atoms with Gasteiger partial charge in [0, 0.05) is 37.0 Å². The quantitative estimate of drug-likeness (QED) is 0.764. The standard InChI is InChI=1S/C24H35N3O/c1-25-22(18-21-12-6-7-13-23(21)25)19-27(17-16-26-14-8-9-15-26)24(28)20-10-4-2-3-5-11-20/h6-7,12-13,18,20H,2-5,8-11,14-17,19H2,1H3/p+1. The fourth-order valence-electron chi connectivity index (χ4n) is 5.16. The average Bonchev–Trinajstić information content (AvgIpc) is 3.24. The minimum absolute atomic E-state index is 0.241. The van der Waals surface area contributed by atoms with Crippen LogP contribution in [0.4, 0.5) is 0 Å². The van der Waals surface area contributed by atoms with Crippen molar-refractivity contribution in [3.8, 4) is 0 Å². The van der Waals surface area contributed by atoms with Crippen molar-refractivity contribution < 1.29 is 9.69 Å². The molecule has 0 unspecified atom stereocenters. The van der Waals surface area contributed by atoms with Crippen LogP contribution in [0.2, 0.25) is 0 Å². The Balaban J connectivity index is 1.52. The molecule has 1 aromatic carbocycles. The molecule has 1 saturated carbocycles. The first-order valence-corrected chi connectivity index (χ1v) is 11.4. The molecular weight excluding hydrogens is 346 g/mol. The molecule has 4 heteroatoms. The Morgan fingerprint density at radius 1 is 1.07 bits per heavy atom. The van der Waals surface area contributed by atoms with Crippen LogP contribution in [0.15, 0.2) is 30.3 Å². The number of nitrogens with one attached hydrogen (secondary N) is 1. The molecule has 1 aliphatic heterocycles. The maximum atomic E-state index is 13.5. The van der Waals surface area contributed by atoms with Crippen LogP contribution in [0.25, 0.3) is 10.9 Å². The molecule has 4 nitrogen and oxygen atoms in total. The number of rotatable bonds is 6. The summed E-state index contributed by atoms with van der Waals surface area (Å²) in [4.78, 5) is 17.4. The van der Waals surface area contributed by atoms with Crippen LogP contribution in [-0.2, 0) is 18.4 Å². The van der Waals surface area contributed by atoms with E-state index in [1.54, 1.807) is 4.90 Å². The first-order valence-electron chi connectivity index (χ1n) is 11.4. The van der Waals surface area contributed by atoms with Crippen molar-refractivity contribution in [3.05, 3.63) is 36.0 Å². The van der Waals surface area contributed by atoms with E-state index in [0.29, 0.717) is 5.91 Å². The van der Waals surface area contributed by atoms with Crippen LogP contribution in [0.1, 0.15) is 57.1 Å². The van der Waals surface area contributed by atoms with E-state index in [1.165, 1.54) is 68.2 Å². The molecular formula is C24H36N3O+. The van der Waals surface area contributed by atoms with Gasteiger partial charge < -0.3 is 14.4 Å². The smallest absolute Gasteiger partial charge is 0.226 e. The minimum atomic E-state index is 0.241. The Bertz CT molecular complexity index is 782. The summed E-state index contributed by atoms with van der Waals surface area (Å²) in [5, 5.41) is 1.27. The van der Waals surface area contributed by atoms with E-state index in [9.17, 15) is 4.79 Å². The van der Waals surface area contributed by atoms with Crippen molar-refractivity contribution in [1.29, 1.82) is 0 Å². The fourth-order valence-corrected chi connectivity index (χ4v) is 5.16. The Kier molecular flexibility index (Phi) is 6.36. The second-order valence-corrected chi connectivity index (χ2v) is 8.91. The zero-order valence-electron chi connectivity index (χ0n) is 17.5. The Morgan fingerprint density at radius 2 is 1.79 bits per heavy atom. The predicted octanol–water partition coefficient (Wildman–Crippen LogP) is 3.16. The number of nitrogens with zero attached hydrogens (tertiary/aromatic N) is 2. The molecule has 4 rings (SSSR count). The van der Waals surface area contributed by atoms with Crippen LogP contribution in [0, 0.1) is 5.92 Å². The van der Waals surface area contributed by atoms with E-state index in [-0.39, 0.29) is 5.92 Å². The molecule has 0 radical (unpaired) electrons. The topological polar surface area (TPSA) is 29.7 Å². The van der Waals surface area contributed by atoms with Gasteiger partial charge in [-0.15, -0.1) is 0 Å². The molecule has 1 aliphatic carbocycles. The number of hydrogen-bond donors (Lipinski definition) is 1. The van der Waals surface area contributed by atoms with Crippen molar-refractivity contribution >= 4 is 16.8 Å². The first-order chi connectivity index (χ1) is 13.7. The maximum Gasteiger partial charge on any atom is 0.226 e. The number of carbonyl (C=O) groups excluding carboxylic acids is 1. The molecule has 2 fully saturated rings. The van der Waals surface area contributed by atoms with Gasteiger partial charge in [-0.1, -0.05) is 43.9 Å². The maximum absolute atomic E-state index is 13.5. The van der Waals surface area contributed by atoms with Crippen molar-refractivity contribution in [3.63, 3.8) is 0 Å². The summed E-state index contributed by atoms with van der Waals surface area (Å²) in [6.45, 7) is 5.29. The van der Waals surface area contributed by atoms with Crippen LogP contribution in [0.5, 0.6) is 0 Å². The van der Waals surface area contributed by atoms with Crippen LogP contribution in [0.3, 0.4) is 0 Å². The van der Waals surface area contributed by atoms with E-state index in [0.717, 1.165) is 32.5 Å². The molecule has 0 bridgehead atoms. The summed E-state index contributed by atoms with van der Waals surface area (Å²) >= 11 is 0. The van der Waals surface area contributed by atoms with Gasteiger partial charge in [0.05, 0.1) is 32.7 Å². The summed E-state index contributed by atoms with van der Waals surface area (Å²) in [6.07, 6.45) is 9.88. The molecule has 1 aromatic heterocycles. The molecule has 1 N–H and O–H groups in total. The summed E-state index contributed by atoms with van der Waals surface area (Å²) in [5.41, 5.74) is 2.50. The number of hydrogen-bond acceptors (Lipinski definition) is 1. The number of likely N-dealkylation sites (tertiary alicyclic amines) is 1. The van der Waals surface area contributed by atoms with E-state index in [4.69, 9.17) is 0 Å². The summed E-state index contributed by atoms with van der Waals surface area (Å²) in [6, 6.07) is 10.8. The molecule has 2 heterocycles. The van der Waals surface area contributed by atoms with Crippen molar-refractivity contribution in [2.75, 3.05) is 26.2 Å². The normalized spacial score (nSPS) is 19.2. The van der Waals surface area contributed by atoms with Gasteiger partial charge in [0.15, 0.2) is 0 Å². The van der Waals surface area contributed by atoms with Gasteiger partial charge in [0.25, 0.3) is 0 Å². The van der Waals surface area contributed by atoms with Crippen molar-refractivity contribution in [2.24, 2.45) is 13.0 Å². The summed E-state index contributed by atoms with van der Waals surface area (Å²) < 4.78 is 2.27. The number of quaternary nitrogens is 1. The third-order valence-corrected chi connectivity index (χ3v) is 6.97. The highest BCUT2D eigenvalue weighted by Gasteiger charge is 2.27. The fraction of sp³-hybridized carbons (Fsp3) is 0.625. The lowest BCUT2D eigenvalue weighted by Gasteiger charge is -2.28. The number of carbonyl (C=O) groups is 1. The Labute approximate surface area is 169 Å². The highest BCUT2D eigenvalue weighted by molar-refractivity contribution is 5.82. The predicted molar refractivity (Wildman–Crippen MR) is 114 cm³/mol. The van der Waals surface area contributed by atoms with E-state index in [1.807, 2.05) is 0 Å². The zero-order chi connectivity index (χ0) is 19.3. The lowest BCUT2D eigenvalue weighted by atomic mass is 9.98. The van der Waals surface area contributed by atoms with Gasteiger partial charge in [-0.3, -0.25) is 4.79 Å². The summed E-state index contributed by atoms with van der Waals surface area (Å²) in [7, 11) is 2.14. The first kappa shape index (κ1) is 19.5. The zero-order valence-corrected chi connectivity index (χ0v) is 17.5. The second kappa shape index (κ2) is 9.13. The molecule has 1 saturated heterocycles. The number of aryl methyl sites for hydroxylation is 1. The van der Waals surface area contributed by atoms with Gasteiger partial charge >= 0.3 is 0 Å². The molecule has 2 aliphatic rings. The number of para-hydroxylation sites is 1. The highest BCUT2D eigenvalue weighted by Crippen LogP contribution is 2.26. The third kappa shape index (κ3) is 4.43. The number of amides is 1. The van der Waals surface area contributed by atoms with Crippen LogP contribution in [-0.4, -0.2) is 41.6 Å². The van der Waals surface area contributed by atoms with Gasteiger partial charge in [-0.25, -0.2) is 0 Å². The monoisotopic (exact) mass is 382 g/mol. The minimum Gasteiger partial charge on any atom is -0.346 e. The Hall–Kier alpha value is -1.81. The van der Waals surface area contributed by atoms with Crippen LogP contribution >= 0.6 is 0 Å². The summed E-state index contributed by atoms with van der Waals surface area (Å²) in [5.74, 6) is 0.650. The third-order valence-electron chi connectivity index (χ3n) is 6.97. The average molecular weight is 383 g/mol.